The van der Waals surface area contributed by atoms with Crippen LogP contribution in [-0.4, -0.2) is 21.8 Å². The maximum atomic E-state index is 13.0. The lowest BCUT2D eigenvalue weighted by Gasteiger charge is -2.05. The van der Waals surface area contributed by atoms with E-state index in [2.05, 4.69) is 0 Å². The Morgan fingerprint density at radius 1 is 1.21 bits per heavy atom. The molecule has 1 aromatic heterocycles. The number of rotatable bonds is 2. The Hall–Kier alpha value is -2.38. The highest BCUT2D eigenvalue weighted by Gasteiger charge is 2.40. The number of hydrogen-bond donors (Lipinski definition) is 2. The maximum Gasteiger partial charge on any atom is 0.432 e. The number of benzene rings is 1. The van der Waals surface area contributed by atoms with Crippen LogP contribution in [0.4, 0.5) is 17.6 Å². The molecule has 0 spiro atoms. The highest BCUT2D eigenvalue weighted by atomic mass is 19.4. The molecule has 8 heteroatoms. The number of aromatic amines is 1. The van der Waals surface area contributed by atoms with Crippen LogP contribution in [-0.2, 0) is 11.0 Å². The lowest BCUT2D eigenvalue weighted by Crippen LogP contribution is -2.18. The van der Waals surface area contributed by atoms with E-state index in [-0.39, 0.29) is 5.52 Å². The number of aliphatic carboxylic acids is 1. The molecule has 0 bridgehead atoms. The summed E-state index contributed by atoms with van der Waals surface area (Å²) in [4.78, 5) is 23.8. The number of carboxylic acids is 1. The predicted molar refractivity (Wildman–Crippen MR) is 55.2 cm³/mol. The first-order valence-electron chi connectivity index (χ1n) is 4.88. The quantitative estimate of drug-likeness (QED) is 0.502. The molecule has 0 atom stereocenters. The first kappa shape index (κ1) is 13.1. The van der Waals surface area contributed by atoms with Crippen molar-refractivity contribution >= 4 is 22.7 Å². The molecule has 0 amide bonds. The van der Waals surface area contributed by atoms with Gasteiger partial charge in [-0.25, -0.2) is 9.18 Å². The lowest BCUT2D eigenvalue weighted by atomic mass is 10.1. The smallest absolute Gasteiger partial charge is 0.432 e. The van der Waals surface area contributed by atoms with Gasteiger partial charge in [-0.3, -0.25) is 4.79 Å². The normalized spacial score (nSPS) is 11.8. The number of hydrogen-bond acceptors (Lipinski definition) is 2. The molecule has 0 aliphatic heterocycles. The second-order valence-corrected chi connectivity index (χ2v) is 3.70. The molecule has 0 aliphatic rings. The number of aromatic nitrogens is 1. The molecule has 2 N–H and O–H groups in total. The summed E-state index contributed by atoms with van der Waals surface area (Å²) in [6, 6.07) is 2.57. The number of H-pyrrole nitrogens is 1. The zero-order valence-electron chi connectivity index (χ0n) is 9.01. The molecule has 0 fully saturated rings. The SMILES string of the molecule is O=C(O)C(=O)c1c(C(F)(F)F)[nH]c2ccc(F)cc12. The number of halogens is 4. The van der Waals surface area contributed by atoms with Crippen LogP contribution in [0, 0.1) is 5.82 Å². The Labute approximate surface area is 102 Å². The first-order valence-corrected chi connectivity index (χ1v) is 4.88. The van der Waals surface area contributed by atoms with E-state index in [4.69, 9.17) is 5.11 Å². The molecule has 2 aromatic rings. The minimum absolute atomic E-state index is 0.168. The number of carbonyl (C=O) groups is 2. The number of fused-ring (bicyclic) bond motifs is 1. The summed E-state index contributed by atoms with van der Waals surface area (Å²) in [6.45, 7) is 0. The van der Waals surface area contributed by atoms with Gasteiger partial charge in [-0.15, -0.1) is 0 Å². The van der Waals surface area contributed by atoms with Gasteiger partial charge in [0.15, 0.2) is 0 Å². The Balaban J connectivity index is 2.85. The van der Waals surface area contributed by atoms with Crippen molar-refractivity contribution in [1.29, 1.82) is 0 Å². The largest absolute Gasteiger partial charge is 0.475 e. The average molecular weight is 275 g/mol. The van der Waals surface area contributed by atoms with Crippen LogP contribution in [0.5, 0.6) is 0 Å². The Bertz CT molecular complexity index is 687. The van der Waals surface area contributed by atoms with Crippen molar-refractivity contribution in [2.45, 2.75) is 6.18 Å². The number of carbonyl (C=O) groups excluding carboxylic acids is 1. The molecule has 2 rings (SSSR count). The number of alkyl halides is 3. The molecule has 0 radical (unpaired) electrons. The van der Waals surface area contributed by atoms with Crippen molar-refractivity contribution in [3.8, 4) is 0 Å². The maximum absolute atomic E-state index is 13.0. The number of Topliss-reactive ketones (excluding diaryl/α,β-unsaturated/α-hetero) is 1. The molecule has 1 heterocycles. The van der Waals surface area contributed by atoms with E-state index in [0.717, 1.165) is 12.1 Å². The Morgan fingerprint density at radius 3 is 2.37 bits per heavy atom. The van der Waals surface area contributed by atoms with E-state index in [1.165, 1.54) is 0 Å². The van der Waals surface area contributed by atoms with Gasteiger partial charge in [-0.05, 0) is 18.2 Å². The van der Waals surface area contributed by atoms with Crippen LogP contribution >= 0.6 is 0 Å². The van der Waals surface area contributed by atoms with E-state index in [1.54, 1.807) is 0 Å². The van der Waals surface area contributed by atoms with Crippen molar-refractivity contribution in [3.05, 3.63) is 35.3 Å². The van der Waals surface area contributed by atoms with Crippen molar-refractivity contribution in [3.63, 3.8) is 0 Å². The standard InChI is InChI=1S/C11H5F4NO3/c12-4-1-2-6-5(3-4)7(8(17)10(18)19)9(16-6)11(13,14)15/h1-3,16H,(H,18,19). The fourth-order valence-corrected chi connectivity index (χ4v) is 1.72. The summed E-state index contributed by atoms with van der Waals surface area (Å²) in [7, 11) is 0. The molecule has 0 saturated carbocycles. The highest BCUT2D eigenvalue weighted by molar-refractivity contribution is 6.42. The zero-order chi connectivity index (χ0) is 14.4. The molecular formula is C11H5F4NO3. The molecular weight excluding hydrogens is 270 g/mol. The van der Waals surface area contributed by atoms with Gasteiger partial charge in [-0.1, -0.05) is 0 Å². The Morgan fingerprint density at radius 2 is 1.84 bits per heavy atom. The summed E-state index contributed by atoms with van der Waals surface area (Å²) in [6.07, 6.45) is -4.95. The van der Waals surface area contributed by atoms with Crippen LogP contribution in [0.15, 0.2) is 18.2 Å². The van der Waals surface area contributed by atoms with Crippen LogP contribution in [0.1, 0.15) is 16.1 Å². The van der Waals surface area contributed by atoms with E-state index in [9.17, 15) is 27.2 Å². The third kappa shape index (κ3) is 2.16. The molecule has 0 unspecified atom stereocenters. The van der Waals surface area contributed by atoms with Crippen molar-refractivity contribution in [1.82, 2.24) is 4.98 Å². The summed E-state index contributed by atoms with van der Waals surface area (Å²) >= 11 is 0. The summed E-state index contributed by atoms with van der Waals surface area (Å²) in [5.41, 5.74) is -2.76. The van der Waals surface area contributed by atoms with Gasteiger partial charge in [0.05, 0.1) is 5.56 Å². The third-order valence-electron chi connectivity index (χ3n) is 2.47. The monoisotopic (exact) mass is 275 g/mol. The van der Waals surface area contributed by atoms with Gasteiger partial charge in [0.25, 0.3) is 5.78 Å². The summed E-state index contributed by atoms with van der Waals surface area (Å²) in [5, 5.41) is 8.13. The second kappa shape index (κ2) is 4.08. The van der Waals surface area contributed by atoms with E-state index in [1.807, 2.05) is 4.98 Å². The van der Waals surface area contributed by atoms with Gasteiger partial charge in [0, 0.05) is 10.9 Å². The highest BCUT2D eigenvalue weighted by Crippen LogP contribution is 2.35. The first-order chi connectivity index (χ1) is 8.71. The number of ketones is 1. The molecule has 100 valence electrons. The average Bonchev–Trinajstić information content (AvgIpc) is 2.65. The number of carboxylic acid groups (broad SMARTS) is 1. The van der Waals surface area contributed by atoms with E-state index < -0.39 is 40.4 Å². The van der Waals surface area contributed by atoms with Gasteiger partial charge < -0.3 is 10.1 Å². The Kier molecular flexibility index (Phi) is 2.80. The minimum atomic E-state index is -4.95. The fraction of sp³-hybridized carbons (Fsp3) is 0.0909. The van der Waals surface area contributed by atoms with Crippen LogP contribution in [0.2, 0.25) is 0 Å². The van der Waals surface area contributed by atoms with E-state index >= 15 is 0 Å². The van der Waals surface area contributed by atoms with Crippen LogP contribution in [0.25, 0.3) is 10.9 Å². The lowest BCUT2D eigenvalue weighted by molar-refractivity contribution is -0.141. The zero-order valence-corrected chi connectivity index (χ0v) is 9.01. The fourth-order valence-electron chi connectivity index (χ4n) is 1.72. The minimum Gasteiger partial charge on any atom is -0.475 e. The third-order valence-corrected chi connectivity index (χ3v) is 2.47. The molecule has 0 aliphatic carbocycles. The molecule has 4 nitrogen and oxygen atoms in total. The van der Waals surface area contributed by atoms with Crippen LogP contribution < -0.4 is 0 Å². The predicted octanol–water partition coefficient (Wildman–Crippen LogP) is 2.59. The number of nitrogens with one attached hydrogen (secondary N) is 1. The molecule has 0 saturated heterocycles. The van der Waals surface area contributed by atoms with Crippen molar-refractivity contribution in [2.24, 2.45) is 0 Å². The second-order valence-electron chi connectivity index (χ2n) is 3.70. The van der Waals surface area contributed by atoms with Gasteiger partial charge in [-0.2, -0.15) is 13.2 Å². The summed E-state index contributed by atoms with van der Waals surface area (Å²) in [5.74, 6) is -4.67. The molecule has 19 heavy (non-hydrogen) atoms. The van der Waals surface area contributed by atoms with Gasteiger partial charge in [0.1, 0.15) is 11.5 Å². The van der Waals surface area contributed by atoms with Gasteiger partial charge in [0.2, 0.25) is 0 Å². The topological polar surface area (TPSA) is 70.2 Å². The molecule has 1 aromatic carbocycles. The van der Waals surface area contributed by atoms with Crippen LogP contribution in [0.3, 0.4) is 0 Å². The van der Waals surface area contributed by atoms with Gasteiger partial charge >= 0.3 is 12.1 Å². The van der Waals surface area contributed by atoms with Crippen molar-refractivity contribution in [2.75, 3.05) is 0 Å². The summed E-state index contributed by atoms with van der Waals surface area (Å²) < 4.78 is 51.3. The van der Waals surface area contributed by atoms with E-state index in [0.29, 0.717) is 6.07 Å². The van der Waals surface area contributed by atoms with Crippen molar-refractivity contribution < 1.29 is 32.3 Å².